The van der Waals surface area contributed by atoms with Gasteiger partial charge in [0, 0.05) is 12.6 Å². The fourth-order valence-electron chi connectivity index (χ4n) is 2.49. The van der Waals surface area contributed by atoms with Crippen molar-refractivity contribution in [3.8, 4) is 5.75 Å². The van der Waals surface area contributed by atoms with Crippen LogP contribution < -0.4 is 10.1 Å². The lowest BCUT2D eigenvalue weighted by molar-refractivity contribution is -0.122. The van der Waals surface area contributed by atoms with Gasteiger partial charge in [-0.15, -0.1) is 0 Å². The van der Waals surface area contributed by atoms with E-state index in [1.165, 1.54) is 0 Å². The Morgan fingerprint density at radius 2 is 2.20 bits per heavy atom. The Balaban J connectivity index is 1.76. The second kappa shape index (κ2) is 7.26. The lowest BCUT2D eigenvalue weighted by Gasteiger charge is -2.21. The topological polar surface area (TPSA) is 61.8 Å². The first-order chi connectivity index (χ1) is 9.72. The third-order valence-electron chi connectivity index (χ3n) is 3.71. The van der Waals surface area contributed by atoms with Gasteiger partial charge >= 0.3 is 0 Å². The van der Waals surface area contributed by atoms with Crippen LogP contribution in [0.25, 0.3) is 0 Å². The molecule has 2 N–H and O–H groups in total. The summed E-state index contributed by atoms with van der Waals surface area (Å²) in [5, 5.41) is 12.1. The molecule has 1 heterocycles. The summed E-state index contributed by atoms with van der Waals surface area (Å²) < 4.78 is 5.09. The summed E-state index contributed by atoms with van der Waals surface area (Å²) >= 11 is 0. The van der Waals surface area contributed by atoms with Crippen LogP contribution in [0.2, 0.25) is 0 Å². The number of likely N-dealkylation sites (tertiary alicyclic amines) is 1. The van der Waals surface area contributed by atoms with Crippen LogP contribution in [0.4, 0.5) is 0 Å². The van der Waals surface area contributed by atoms with Crippen LogP contribution in [0.5, 0.6) is 5.75 Å². The Bertz CT molecular complexity index is 433. The smallest absolute Gasteiger partial charge is 0.234 e. The number of hydrogen-bond acceptors (Lipinski definition) is 4. The van der Waals surface area contributed by atoms with Crippen LogP contribution in [0.1, 0.15) is 18.4 Å². The number of carbonyl (C=O) groups is 1. The molecule has 0 aliphatic carbocycles. The van der Waals surface area contributed by atoms with E-state index in [1.807, 2.05) is 29.2 Å². The summed E-state index contributed by atoms with van der Waals surface area (Å²) in [5.41, 5.74) is 1.04. The van der Waals surface area contributed by atoms with Crippen molar-refractivity contribution in [2.75, 3.05) is 26.8 Å². The molecule has 5 heteroatoms. The second-order valence-electron chi connectivity index (χ2n) is 5.07. The SMILES string of the molecule is COc1ccc(CNC(=O)CN2CCC[C@H]2CO)cc1. The molecule has 110 valence electrons. The molecule has 5 nitrogen and oxygen atoms in total. The minimum absolute atomic E-state index is 0.00108. The standard InChI is InChI=1S/C15H22N2O3/c1-20-14-6-4-12(5-7-14)9-16-15(19)10-17-8-2-3-13(17)11-18/h4-7,13,18H,2-3,8-11H2,1H3,(H,16,19)/t13-/m0/s1. The maximum absolute atomic E-state index is 11.9. The highest BCUT2D eigenvalue weighted by Crippen LogP contribution is 2.15. The van der Waals surface area contributed by atoms with Gasteiger partial charge in [0.25, 0.3) is 0 Å². The Labute approximate surface area is 119 Å². The second-order valence-corrected chi connectivity index (χ2v) is 5.07. The van der Waals surface area contributed by atoms with Gasteiger partial charge in [-0.05, 0) is 37.1 Å². The van der Waals surface area contributed by atoms with Crippen molar-refractivity contribution >= 4 is 5.91 Å². The van der Waals surface area contributed by atoms with Crippen LogP contribution in [-0.2, 0) is 11.3 Å². The molecule has 0 aromatic heterocycles. The molecule has 0 spiro atoms. The van der Waals surface area contributed by atoms with Crippen molar-refractivity contribution in [3.63, 3.8) is 0 Å². The zero-order chi connectivity index (χ0) is 14.4. The zero-order valence-corrected chi connectivity index (χ0v) is 11.8. The van der Waals surface area contributed by atoms with Gasteiger partial charge in [0.2, 0.25) is 5.91 Å². The van der Waals surface area contributed by atoms with Crippen LogP contribution in [0, 0.1) is 0 Å². The van der Waals surface area contributed by atoms with E-state index >= 15 is 0 Å². The molecule has 0 saturated carbocycles. The highest BCUT2D eigenvalue weighted by atomic mass is 16.5. The van der Waals surface area contributed by atoms with E-state index in [1.54, 1.807) is 7.11 Å². The largest absolute Gasteiger partial charge is 0.497 e. The Hall–Kier alpha value is -1.59. The molecule has 1 aliphatic heterocycles. The molecule has 20 heavy (non-hydrogen) atoms. The number of carbonyl (C=O) groups excluding carboxylic acids is 1. The number of ether oxygens (including phenoxy) is 1. The minimum Gasteiger partial charge on any atom is -0.497 e. The third kappa shape index (κ3) is 3.95. The first-order valence-electron chi connectivity index (χ1n) is 6.97. The van der Waals surface area contributed by atoms with Gasteiger partial charge in [-0.2, -0.15) is 0 Å². The van der Waals surface area contributed by atoms with E-state index in [9.17, 15) is 9.90 Å². The number of amides is 1. The van der Waals surface area contributed by atoms with E-state index < -0.39 is 0 Å². The molecule has 2 rings (SSSR count). The van der Waals surface area contributed by atoms with E-state index in [-0.39, 0.29) is 18.6 Å². The van der Waals surface area contributed by atoms with Crippen LogP contribution >= 0.6 is 0 Å². The molecule has 0 bridgehead atoms. The van der Waals surface area contributed by atoms with Gasteiger partial charge in [-0.25, -0.2) is 0 Å². The summed E-state index contributed by atoms with van der Waals surface area (Å²) in [6.07, 6.45) is 2.03. The van der Waals surface area contributed by atoms with Gasteiger partial charge in [0.15, 0.2) is 0 Å². The van der Waals surface area contributed by atoms with Crippen LogP contribution in [-0.4, -0.2) is 48.8 Å². The lowest BCUT2D eigenvalue weighted by Crippen LogP contribution is -2.40. The van der Waals surface area contributed by atoms with E-state index in [0.717, 1.165) is 30.7 Å². The quantitative estimate of drug-likeness (QED) is 0.807. The Kier molecular flexibility index (Phi) is 5.38. The first-order valence-corrected chi connectivity index (χ1v) is 6.97. The number of rotatable bonds is 6. The van der Waals surface area contributed by atoms with Crippen molar-refractivity contribution in [1.29, 1.82) is 0 Å². The van der Waals surface area contributed by atoms with Crippen molar-refractivity contribution in [1.82, 2.24) is 10.2 Å². The predicted molar refractivity (Wildman–Crippen MR) is 76.5 cm³/mol. The third-order valence-corrected chi connectivity index (χ3v) is 3.71. The van der Waals surface area contributed by atoms with Crippen LogP contribution in [0.15, 0.2) is 24.3 Å². The van der Waals surface area contributed by atoms with Gasteiger partial charge in [0.05, 0.1) is 20.3 Å². The van der Waals surface area contributed by atoms with Crippen molar-refractivity contribution < 1.29 is 14.6 Å². The van der Waals surface area contributed by atoms with Crippen molar-refractivity contribution in [3.05, 3.63) is 29.8 Å². The average molecular weight is 278 g/mol. The number of hydrogen-bond donors (Lipinski definition) is 2. The molecular formula is C15H22N2O3. The van der Waals surface area contributed by atoms with E-state index in [2.05, 4.69) is 5.32 Å². The van der Waals surface area contributed by atoms with E-state index in [4.69, 9.17) is 4.74 Å². The zero-order valence-electron chi connectivity index (χ0n) is 11.8. The van der Waals surface area contributed by atoms with E-state index in [0.29, 0.717) is 13.1 Å². The minimum atomic E-state index is 0.00108. The summed E-state index contributed by atoms with van der Waals surface area (Å²) in [6.45, 7) is 1.90. The predicted octanol–water partition coefficient (Wildman–Crippen LogP) is 0.768. The molecule has 1 amide bonds. The fraction of sp³-hybridized carbons (Fsp3) is 0.533. The maximum atomic E-state index is 11.9. The number of nitrogens with one attached hydrogen (secondary N) is 1. The number of nitrogens with zero attached hydrogens (tertiary/aromatic N) is 1. The van der Waals surface area contributed by atoms with Crippen molar-refractivity contribution in [2.45, 2.75) is 25.4 Å². The highest BCUT2D eigenvalue weighted by molar-refractivity contribution is 5.78. The summed E-state index contributed by atoms with van der Waals surface area (Å²) in [6, 6.07) is 7.77. The molecule has 1 aliphatic rings. The Morgan fingerprint density at radius 3 is 2.85 bits per heavy atom. The molecule has 1 aromatic rings. The van der Waals surface area contributed by atoms with Gasteiger partial charge < -0.3 is 15.2 Å². The molecule has 1 fully saturated rings. The number of methoxy groups -OCH3 is 1. The number of benzene rings is 1. The summed E-state index contributed by atoms with van der Waals surface area (Å²) in [7, 11) is 1.63. The van der Waals surface area contributed by atoms with Crippen molar-refractivity contribution in [2.24, 2.45) is 0 Å². The number of aliphatic hydroxyl groups is 1. The average Bonchev–Trinajstić information content (AvgIpc) is 2.92. The molecule has 1 atom stereocenters. The highest BCUT2D eigenvalue weighted by Gasteiger charge is 2.25. The summed E-state index contributed by atoms with van der Waals surface area (Å²) in [4.78, 5) is 13.9. The van der Waals surface area contributed by atoms with Gasteiger partial charge in [-0.3, -0.25) is 9.69 Å². The fourth-order valence-corrected chi connectivity index (χ4v) is 2.49. The monoisotopic (exact) mass is 278 g/mol. The Morgan fingerprint density at radius 1 is 1.45 bits per heavy atom. The molecule has 0 unspecified atom stereocenters. The molecule has 0 radical (unpaired) electrons. The molecule has 1 saturated heterocycles. The normalized spacial score (nSPS) is 19.0. The first kappa shape index (κ1) is 14.8. The molecule has 1 aromatic carbocycles. The maximum Gasteiger partial charge on any atom is 0.234 e. The summed E-state index contributed by atoms with van der Waals surface area (Å²) in [5.74, 6) is 0.809. The molecular weight excluding hydrogens is 256 g/mol. The number of aliphatic hydroxyl groups excluding tert-OH is 1. The lowest BCUT2D eigenvalue weighted by atomic mass is 10.2. The van der Waals surface area contributed by atoms with Gasteiger partial charge in [0.1, 0.15) is 5.75 Å². The van der Waals surface area contributed by atoms with Crippen LogP contribution in [0.3, 0.4) is 0 Å². The van der Waals surface area contributed by atoms with Gasteiger partial charge in [-0.1, -0.05) is 12.1 Å².